The van der Waals surface area contributed by atoms with Crippen LogP contribution in [0.15, 0.2) is 6.07 Å². The number of pyridine rings is 1. The Morgan fingerprint density at radius 3 is 2.54 bits per heavy atom. The molecule has 0 spiro atoms. The summed E-state index contributed by atoms with van der Waals surface area (Å²) in [6.07, 6.45) is -6.52. The largest absolute Gasteiger partial charge is 0.416 e. The van der Waals surface area contributed by atoms with Crippen molar-refractivity contribution in [2.45, 2.75) is 52.5 Å². The van der Waals surface area contributed by atoms with Crippen LogP contribution < -0.4 is 5.32 Å². The molecule has 134 valence electrons. The number of anilines is 1. The fraction of sp³-hybridized carbons (Fsp3) is 0.625. The second kappa shape index (κ2) is 6.23. The number of aryl methyl sites for hydroxylation is 3. The van der Waals surface area contributed by atoms with E-state index in [1.165, 1.54) is 13.8 Å². The fourth-order valence-electron chi connectivity index (χ4n) is 2.91. The average molecular weight is 345 g/mol. The van der Waals surface area contributed by atoms with Gasteiger partial charge in [0, 0.05) is 5.69 Å². The van der Waals surface area contributed by atoms with Crippen molar-refractivity contribution in [2.24, 2.45) is 0 Å². The fourth-order valence-corrected chi connectivity index (χ4v) is 2.91. The summed E-state index contributed by atoms with van der Waals surface area (Å²) in [5.41, 5.74) is 1.70. The molecule has 2 heterocycles. The minimum absolute atomic E-state index is 0.0722. The molecule has 8 heteroatoms. The van der Waals surface area contributed by atoms with Crippen LogP contribution in [0, 0.1) is 20.8 Å². The summed E-state index contributed by atoms with van der Waals surface area (Å²) in [6, 6.07) is 1.22. The topological polar surface area (TPSA) is 54.5 Å². The van der Waals surface area contributed by atoms with E-state index in [9.17, 15) is 18.0 Å². The zero-order chi connectivity index (χ0) is 18.3. The third kappa shape index (κ3) is 4.17. The molecule has 0 bridgehead atoms. The van der Waals surface area contributed by atoms with Gasteiger partial charge in [0.15, 0.2) is 6.10 Å². The normalized spacial score (nSPS) is 20.8. The molecule has 1 aliphatic rings. The summed E-state index contributed by atoms with van der Waals surface area (Å²) in [5, 5.41) is 2.69. The molecule has 0 aliphatic carbocycles. The highest BCUT2D eigenvalue weighted by Crippen LogP contribution is 2.32. The number of nitrogens with one attached hydrogen (secondary N) is 1. The molecule has 5 nitrogen and oxygen atoms in total. The van der Waals surface area contributed by atoms with Crippen LogP contribution >= 0.6 is 0 Å². The Hall–Kier alpha value is -1.83. The van der Waals surface area contributed by atoms with Crippen molar-refractivity contribution in [2.75, 3.05) is 18.4 Å². The molecule has 1 aromatic rings. The zero-order valence-corrected chi connectivity index (χ0v) is 14.4. The maximum atomic E-state index is 13.0. The number of hydrogen-bond acceptors (Lipinski definition) is 3. The lowest BCUT2D eigenvalue weighted by molar-refractivity contribution is -0.267. The molecule has 1 N–H and O–H groups in total. The SMILES string of the molecule is Cc1cc(C)c(NC(=O)N2C[C@H](C(F)(F)F)OC(C)(C)C2)c(C)n1. The Morgan fingerprint density at radius 2 is 2.00 bits per heavy atom. The molecule has 1 saturated heterocycles. The van der Waals surface area contributed by atoms with Gasteiger partial charge in [0.05, 0.1) is 30.1 Å². The number of amides is 2. The van der Waals surface area contributed by atoms with Gasteiger partial charge in [0.2, 0.25) is 0 Å². The molecular weight excluding hydrogens is 323 g/mol. The average Bonchev–Trinajstić information content (AvgIpc) is 2.39. The van der Waals surface area contributed by atoms with Gasteiger partial charge in [-0.15, -0.1) is 0 Å². The Balaban J connectivity index is 2.20. The number of rotatable bonds is 1. The van der Waals surface area contributed by atoms with Crippen molar-refractivity contribution >= 4 is 11.7 Å². The Labute approximate surface area is 139 Å². The van der Waals surface area contributed by atoms with Crippen molar-refractivity contribution in [3.05, 3.63) is 23.0 Å². The van der Waals surface area contributed by atoms with Gasteiger partial charge in [-0.2, -0.15) is 13.2 Å². The lowest BCUT2D eigenvalue weighted by Gasteiger charge is -2.43. The second-order valence-corrected chi connectivity index (χ2v) is 6.76. The smallest absolute Gasteiger partial charge is 0.359 e. The third-order valence-corrected chi connectivity index (χ3v) is 3.83. The van der Waals surface area contributed by atoms with E-state index >= 15 is 0 Å². The number of hydrogen-bond donors (Lipinski definition) is 1. The highest BCUT2D eigenvalue weighted by Gasteiger charge is 2.49. The second-order valence-electron chi connectivity index (χ2n) is 6.76. The quantitative estimate of drug-likeness (QED) is 0.846. The molecule has 0 unspecified atom stereocenters. The van der Waals surface area contributed by atoms with Gasteiger partial charge < -0.3 is 15.0 Å². The lowest BCUT2D eigenvalue weighted by Crippen LogP contribution is -2.59. The molecule has 1 fully saturated rings. The number of nitrogens with zero attached hydrogens (tertiary/aromatic N) is 2. The van der Waals surface area contributed by atoms with Crippen LogP contribution in [-0.2, 0) is 4.74 Å². The first kappa shape index (κ1) is 18.5. The van der Waals surface area contributed by atoms with Crippen molar-refractivity contribution in [1.29, 1.82) is 0 Å². The lowest BCUT2D eigenvalue weighted by atomic mass is 10.1. The molecule has 2 amide bonds. The number of halogens is 3. The number of ether oxygens (including phenoxy) is 1. The highest BCUT2D eigenvalue weighted by atomic mass is 19.4. The number of aromatic nitrogens is 1. The Kier molecular flexibility index (Phi) is 4.81. The predicted octanol–water partition coefficient (Wildman–Crippen LogP) is 3.58. The summed E-state index contributed by atoms with van der Waals surface area (Å²) < 4.78 is 44.2. The van der Waals surface area contributed by atoms with Gasteiger partial charge >= 0.3 is 12.2 Å². The van der Waals surface area contributed by atoms with Crippen LogP contribution in [0.5, 0.6) is 0 Å². The molecule has 2 rings (SSSR count). The van der Waals surface area contributed by atoms with Gasteiger partial charge in [-0.3, -0.25) is 4.98 Å². The van der Waals surface area contributed by atoms with Crippen LogP contribution in [-0.4, -0.2) is 46.9 Å². The van der Waals surface area contributed by atoms with Crippen molar-refractivity contribution in [3.63, 3.8) is 0 Å². The molecule has 1 atom stereocenters. The Morgan fingerprint density at radius 1 is 1.38 bits per heavy atom. The molecule has 0 radical (unpaired) electrons. The highest BCUT2D eigenvalue weighted by molar-refractivity contribution is 5.91. The molecule has 0 saturated carbocycles. The summed E-state index contributed by atoms with van der Waals surface area (Å²) in [5.74, 6) is 0. The molecular formula is C16H22F3N3O2. The molecule has 0 aromatic carbocycles. The molecule has 1 aliphatic heterocycles. The number of carbonyl (C=O) groups excluding carboxylic acids is 1. The number of morpholine rings is 1. The number of alkyl halides is 3. The third-order valence-electron chi connectivity index (χ3n) is 3.83. The minimum Gasteiger partial charge on any atom is -0.359 e. The van der Waals surface area contributed by atoms with E-state index < -0.39 is 30.5 Å². The molecule has 24 heavy (non-hydrogen) atoms. The van der Waals surface area contributed by atoms with Gasteiger partial charge in [-0.05, 0) is 46.2 Å². The monoisotopic (exact) mass is 345 g/mol. The van der Waals surface area contributed by atoms with Crippen molar-refractivity contribution < 1.29 is 22.7 Å². The molecule has 1 aromatic heterocycles. The van der Waals surface area contributed by atoms with Crippen LogP contribution in [0.2, 0.25) is 0 Å². The summed E-state index contributed by atoms with van der Waals surface area (Å²) in [7, 11) is 0. The maximum absolute atomic E-state index is 13.0. The summed E-state index contributed by atoms with van der Waals surface area (Å²) in [6.45, 7) is 8.02. The Bertz CT molecular complexity index is 621. The van der Waals surface area contributed by atoms with Crippen LogP contribution in [0.1, 0.15) is 30.8 Å². The van der Waals surface area contributed by atoms with Crippen LogP contribution in [0.4, 0.5) is 23.7 Å². The van der Waals surface area contributed by atoms with Gasteiger partial charge in [-0.25, -0.2) is 4.79 Å². The number of urea groups is 1. The van der Waals surface area contributed by atoms with Gasteiger partial charge in [0.25, 0.3) is 0 Å². The first-order valence-electron chi connectivity index (χ1n) is 7.64. The van der Waals surface area contributed by atoms with Crippen LogP contribution in [0.25, 0.3) is 0 Å². The van der Waals surface area contributed by atoms with E-state index in [2.05, 4.69) is 10.3 Å². The van der Waals surface area contributed by atoms with Crippen molar-refractivity contribution in [3.8, 4) is 0 Å². The van der Waals surface area contributed by atoms with Gasteiger partial charge in [-0.1, -0.05) is 0 Å². The summed E-state index contributed by atoms with van der Waals surface area (Å²) >= 11 is 0. The van der Waals surface area contributed by atoms with E-state index in [0.717, 1.165) is 16.2 Å². The minimum atomic E-state index is -4.52. The van der Waals surface area contributed by atoms with Crippen LogP contribution in [0.3, 0.4) is 0 Å². The first-order valence-corrected chi connectivity index (χ1v) is 7.64. The van der Waals surface area contributed by atoms with E-state index in [1.54, 1.807) is 6.92 Å². The van der Waals surface area contributed by atoms with E-state index in [-0.39, 0.29) is 6.54 Å². The zero-order valence-electron chi connectivity index (χ0n) is 14.4. The number of carbonyl (C=O) groups is 1. The van der Waals surface area contributed by atoms with E-state index in [0.29, 0.717) is 11.4 Å². The standard InChI is InChI=1S/C16H22F3N3O2/c1-9-6-10(2)20-11(3)13(9)21-14(23)22-7-12(16(17,18)19)24-15(4,5)8-22/h6,12H,7-8H2,1-5H3,(H,21,23)/t12-/m1/s1. The van der Waals surface area contributed by atoms with E-state index in [1.807, 2.05) is 19.9 Å². The van der Waals surface area contributed by atoms with Gasteiger partial charge in [0.1, 0.15) is 0 Å². The maximum Gasteiger partial charge on any atom is 0.416 e. The first-order chi connectivity index (χ1) is 10.9. The van der Waals surface area contributed by atoms with E-state index in [4.69, 9.17) is 4.74 Å². The predicted molar refractivity (Wildman–Crippen MR) is 84.0 cm³/mol. The van der Waals surface area contributed by atoms with Crippen molar-refractivity contribution in [1.82, 2.24) is 9.88 Å². The summed E-state index contributed by atoms with van der Waals surface area (Å²) in [4.78, 5) is 17.9.